The van der Waals surface area contributed by atoms with E-state index < -0.39 is 0 Å². The molecule has 3 heterocycles. The number of likely N-dealkylation sites (N-methyl/N-ethyl adjacent to an activating group) is 1. The second-order valence-electron chi connectivity index (χ2n) is 8.91. The van der Waals surface area contributed by atoms with Gasteiger partial charge in [0.05, 0.1) is 35.5 Å². The molecular weight excluding hydrogens is 454 g/mol. The number of rotatable bonds is 6. The van der Waals surface area contributed by atoms with E-state index in [1.807, 2.05) is 6.92 Å². The molecule has 0 saturated carbocycles. The minimum Gasteiger partial charge on any atom is -0.490 e. The molecule has 2 aliphatic heterocycles. The van der Waals surface area contributed by atoms with Crippen molar-refractivity contribution in [3.63, 3.8) is 0 Å². The number of fused-ring (bicyclic) bond motifs is 2. The summed E-state index contributed by atoms with van der Waals surface area (Å²) in [5, 5.41) is 9.84. The third-order valence-corrected chi connectivity index (χ3v) is 6.27. The number of aryl methyl sites for hydroxylation is 2. The van der Waals surface area contributed by atoms with Crippen LogP contribution in [0.15, 0.2) is 24.4 Å². The van der Waals surface area contributed by atoms with Crippen molar-refractivity contribution in [2.24, 2.45) is 7.05 Å². The predicted octanol–water partition coefficient (Wildman–Crippen LogP) is 1.72. The largest absolute Gasteiger partial charge is 0.490 e. The van der Waals surface area contributed by atoms with Crippen LogP contribution in [-0.2, 0) is 26.1 Å². The molecule has 0 unspecified atom stereocenters. The molecule has 0 radical (unpaired) electrons. The molecule has 3 amide bonds. The number of amides is 3. The maximum atomic E-state index is 13.3. The van der Waals surface area contributed by atoms with Crippen LogP contribution in [0.2, 0.25) is 0 Å². The van der Waals surface area contributed by atoms with Gasteiger partial charge in [0.25, 0.3) is 5.91 Å². The lowest BCUT2D eigenvalue weighted by Gasteiger charge is -2.42. The van der Waals surface area contributed by atoms with E-state index in [9.17, 15) is 14.4 Å². The summed E-state index contributed by atoms with van der Waals surface area (Å²) in [5.41, 5.74) is 2.29. The first-order chi connectivity index (χ1) is 16.7. The van der Waals surface area contributed by atoms with Gasteiger partial charge in [0.2, 0.25) is 11.8 Å². The van der Waals surface area contributed by atoms with Gasteiger partial charge < -0.3 is 29.7 Å². The van der Waals surface area contributed by atoms with E-state index in [0.717, 1.165) is 5.69 Å². The van der Waals surface area contributed by atoms with Crippen LogP contribution in [0.4, 0.5) is 11.4 Å². The van der Waals surface area contributed by atoms with Crippen molar-refractivity contribution in [2.45, 2.75) is 44.4 Å². The Kier molecular flexibility index (Phi) is 7.37. The summed E-state index contributed by atoms with van der Waals surface area (Å²) in [6, 6.07) is 4.75. The van der Waals surface area contributed by atoms with Crippen molar-refractivity contribution in [2.75, 3.05) is 38.0 Å². The first-order valence-electron chi connectivity index (χ1n) is 11.5. The fourth-order valence-corrected chi connectivity index (χ4v) is 4.56. The highest BCUT2D eigenvalue weighted by Gasteiger charge is 2.39. The van der Waals surface area contributed by atoms with E-state index in [1.165, 1.54) is 7.11 Å². The van der Waals surface area contributed by atoms with Crippen molar-refractivity contribution in [3.8, 4) is 5.75 Å². The lowest BCUT2D eigenvalue weighted by Crippen LogP contribution is -2.53. The molecule has 0 aliphatic carbocycles. The topological polar surface area (TPSA) is 124 Å². The van der Waals surface area contributed by atoms with Gasteiger partial charge in [0.1, 0.15) is 25.1 Å². The molecule has 1 aromatic carbocycles. The first-order valence-corrected chi connectivity index (χ1v) is 11.5. The Morgan fingerprint density at radius 1 is 1.20 bits per heavy atom. The van der Waals surface area contributed by atoms with Gasteiger partial charge >= 0.3 is 0 Å². The molecule has 11 nitrogen and oxygen atoms in total. The fraction of sp³-hybridized carbons (Fsp3) is 0.500. The highest BCUT2D eigenvalue weighted by molar-refractivity contribution is 6.00. The molecular formula is C24H31N5O6. The Bertz CT molecular complexity index is 1120. The monoisotopic (exact) mass is 485 g/mol. The Labute approximate surface area is 203 Å². The van der Waals surface area contributed by atoms with Gasteiger partial charge in [-0.3, -0.25) is 19.1 Å². The van der Waals surface area contributed by atoms with Crippen LogP contribution in [-0.4, -0.2) is 78.0 Å². The third-order valence-electron chi connectivity index (χ3n) is 6.27. The summed E-state index contributed by atoms with van der Waals surface area (Å²) in [6.45, 7) is 2.00. The third kappa shape index (κ3) is 5.63. The summed E-state index contributed by atoms with van der Waals surface area (Å²) in [6.07, 6.45) is 2.64. The van der Waals surface area contributed by atoms with E-state index in [1.54, 1.807) is 48.1 Å². The molecule has 3 atom stereocenters. The number of ether oxygens (including phenoxy) is 3. The van der Waals surface area contributed by atoms with E-state index in [0.29, 0.717) is 35.5 Å². The predicted molar refractivity (Wildman–Crippen MR) is 127 cm³/mol. The number of anilines is 2. The molecule has 4 rings (SSSR count). The minimum atomic E-state index is -0.370. The number of benzene rings is 1. The summed E-state index contributed by atoms with van der Waals surface area (Å²) < 4.78 is 18.7. The van der Waals surface area contributed by atoms with Crippen LogP contribution in [0.1, 0.15) is 35.3 Å². The number of nitrogens with one attached hydrogen (secondary N) is 2. The van der Waals surface area contributed by atoms with Crippen LogP contribution >= 0.6 is 0 Å². The number of nitrogens with zero attached hydrogens (tertiary/aromatic N) is 3. The average Bonchev–Trinajstić information content (AvgIpc) is 3.12. The zero-order valence-electron chi connectivity index (χ0n) is 20.4. The van der Waals surface area contributed by atoms with Gasteiger partial charge in [-0.2, -0.15) is 5.10 Å². The number of aromatic nitrogens is 2. The summed E-state index contributed by atoms with van der Waals surface area (Å²) in [5.74, 6) is -0.256. The van der Waals surface area contributed by atoms with Gasteiger partial charge in [-0.1, -0.05) is 0 Å². The van der Waals surface area contributed by atoms with E-state index in [-0.39, 0.29) is 55.6 Å². The molecule has 1 aromatic heterocycles. The van der Waals surface area contributed by atoms with Crippen LogP contribution in [0.3, 0.4) is 0 Å². The first kappa shape index (κ1) is 24.7. The molecule has 1 fully saturated rings. The molecule has 0 bridgehead atoms. The van der Waals surface area contributed by atoms with Crippen LogP contribution in [0, 0.1) is 6.92 Å². The van der Waals surface area contributed by atoms with E-state index in [2.05, 4.69) is 15.7 Å². The molecule has 35 heavy (non-hydrogen) atoms. The highest BCUT2D eigenvalue weighted by atomic mass is 16.5. The molecule has 2 N–H and O–H groups in total. The Morgan fingerprint density at radius 3 is 2.71 bits per heavy atom. The quantitative estimate of drug-likeness (QED) is 0.638. The molecule has 1 saturated heterocycles. The van der Waals surface area contributed by atoms with E-state index in [4.69, 9.17) is 14.2 Å². The normalized spacial score (nSPS) is 21.8. The Balaban J connectivity index is 1.42. The standard InChI is InChI=1S/C24H31N5O6/c1-14-18(11-28(2)27-14)26-22(30)10-16-6-7-19-21(35-16)12-34-20-8-5-15(25-23(31)13-33-4)9-17(20)24(32)29(19)3/h5,8-9,11,16,19,21H,6-7,10,12-13H2,1-4H3,(H,25,31)(H,26,30)/t16-,19-,21+/m0/s1. The number of hydrogen-bond donors (Lipinski definition) is 2. The number of hydrogen-bond acceptors (Lipinski definition) is 7. The van der Waals surface area contributed by atoms with Crippen molar-refractivity contribution in [3.05, 3.63) is 35.7 Å². The van der Waals surface area contributed by atoms with Gasteiger partial charge in [0, 0.05) is 33.1 Å². The second-order valence-corrected chi connectivity index (χ2v) is 8.91. The van der Waals surface area contributed by atoms with E-state index >= 15 is 0 Å². The zero-order chi connectivity index (χ0) is 25.1. The Hall–Kier alpha value is -3.44. The summed E-state index contributed by atoms with van der Waals surface area (Å²) in [7, 11) is 4.98. The second kappa shape index (κ2) is 10.4. The van der Waals surface area contributed by atoms with Crippen molar-refractivity contribution >= 4 is 29.1 Å². The average molecular weight is 486 g/mol. The fourth-order valence-electron chi connectivity index (χ4n) is 4.56. The minimum absolute atomic E-state index is 0.0798. The van der Waals surface area contributed by atoms with Crippen molar-refractivity contribution in [1.82, 2.24) is 14.7 Å². The van der Waals surface area contributed by atoms with Crippen LogP contribution in [0.5, 0.6) is 5.75 Å². The number of carbonyl (C=O) groups is 3. The van der Waals surface area contributed by atoms with Crippen LogP contribution < -0.4 is 15.4 Å². The van der Waals surface area contributed by atoms with Gasteiger partial charge in [-0.15, -0.1) is 0 Å². The van der Waals surface area contributed by atoms with Crippen molar-refractivity contribution < 1.29 is 28.6 Å². The number of carbonyl (C=O) groups excluding carboxylic acids is 3. The summed E-state index contributed by atoms with van der Waals surface area (Å²) >= 11 is 0. The maximum absolute atomic E-state index is 13.3. The summed E-state index contributed by atoms with van der Waals surface area (Å²) in [4.78, 5) is 39.4. The molecule has 0 spiro atoms. The van der Waals surface area contributed by atoms with Gasteiger partial charge in [-0.05, 0) is 38.0 Å². The molecule has 11 heteroatoms. The molecule has 2 aliphatic rings. The lowest BCUT2D eigenvalue weighted by molar-refractivity contribution is -0.130. The number of methoxy groups -OCH3 is 1. The Morgan fingerprint density at radius 2 is 2.00 bits per heavy atom. The maximum Gasteiger partial charge on any atom is 0.257 e. The molecule has 2 aromatic rings. The SMILES string of the molecule is COCC(=O)Nc1ccc2c(c1)C(=O)N(C)[C@H]1CC[C@@H](CC(=O)Nc3cn(C)nc3C)O[C@@H]1CO2. The van der Waals surface area contributed by atoms with Gasteiger partial charge in [-0.25, -0.2) is 0 Å². The highest BCUT2D eigenvalue weighted by Crippen LogP contribution is 2.32. The zero-order valence-corrected chi connectivity index (χ0v) is 20.4. The van der Waals surface area contributed by atoms with Crippen LogP contribution in [0.25, 0.3) is 0 Å². The smallest absolute Gasteiger partial charge is 0.257 e. The van der Waals surface area contributed by atoms with Crippen molar-refractivity contribution in [1.29, 1.82) is 0 Å². The molecule has 188 valence electrons. The lowest BCUT2D eigenvalue weighted by atomic mass is 9.94. The van der Waals surface area contributed by atoms with Gasteiger partial charge in [0.15, 0.2) is 0 Å².